The quantitative estimate of drug-likeness (QED) is 0.508. The van der Waals surface area contributed by atoms with E-state index in [2.05, 4.69) is 19.2 Å². The smallest absolute Gasteiger partial charge is 0.323 e. The molecule has 4 nitrogen and oxygen atoms in total. The molecule has 120 valence electrons. The van der Waals surface area contributed by atoms with Gasteiger partial charge in [-0.3, -0.25) is 4.79 Å². The Morgan fingerprint density at radius 2 is 1.95 bits per heavy atom. The second-order valence-corrected chi connectivity index (χ2v) is 5.84. The van der Waals surface area contributed by atoms with E-state index in [1.807, 2.05) is 6.92 Å². The minimum atomic E-state index is -0.877. The molecule has 0 amide bonds. The molecule has 0 aromatic rings. The average molecular weight is 287 g/mol. The monoisotopic (exact) mass is 287 g/mol. The van der Waals surface area contributed by atoms with Crippen molar-refractivity contribution in [2.75, 3.05) is 13.2 Å². The number of hydrogen-bond donors (Lipinski definition) is 2. The fourth-order valence-corrected chi connectivity index (χ4v) is 2.08. The van der Waals surface area contributed by atoms with Gasteiger partial charge in [-0.25, -0.2) is 0 Å². The molecule has 0 saturated carbocycles. The summed E-state index contributed by atoms with van der Waals surface area (Å²) in [5.74, 6) is -0.801. The largest absolute Gasteiger partial charge is 0.480 e. The van der Waals surface area contributed by atoms with E-state index in [1.54, 1.807) is 6.92 Å². The molecule has 20 heavy (non-hydrogen) atoms. The van der Waals surface area contributed by atoms with Gasteiger partial charge in [-0.05, 0) is 39.7 Å². The first-order valence-electron chi connectivity index (χ1n) is 8.06. The number of aliphatic carboxylic acids is 1. The standard InChI is InChI=1S/C16H33NO3/c1-5-7-8-9-10-14(3)20-13-11-16(4,15(18)19)17-12-6-2/h14,17H,5-13H2,1-4H3,(H,18,19). The predicted octanol–water partition coefficient (Wildman–Crippen LogP) is 3.59. The normalized spacial score (nSPS) is 15.8. The van der Waals surface area contributed by atoms with E-state index < -0.39 is 11.5 Å². The molecule has 2 N–H and O–H groups in total. The SMILES string of the molecule is CCCCCCC(C)OCCC(C)(NCCC)C(=O)O. The Hall–Kier alpha value is -0.610. The summed E-state index contributed by atoms with van der Waals surface area (Å²) in [5, 5.41) is 12.4. The maximum absolute atomic E-state index is 11.3. The number of carboxylic acids is 1. The average Bonchev–Trinajstić information content (AvgIpc) is 2.41. The van der Waals surface area contributed by atoms with Gasteiger partial charge in [0.1, 0.15) is 5.54 Å². The van der Waals surface area contributed by atoms with Crippen LogP contribution in [0.15, 0.2) is 0 Å². The highest BCUT2D eigenvalue weighted by atomic mass is 16.5. The van der Waals surface area contributed by atoms with Crippen molar-refractivity contribution in [3.63, 3.8) is 0 Å². The molecule has 0 heterocycles. The summed E-state index contributed by atoms with van der Waals surface area (Å²) in [6.45, 7) is 9.26. The van der Waals surface area contributed by atoms with Crippen LogP contribution in [0.3, 0.4) is 0 Å². The van der Waals surface area contributed by atoms with Crippen LogP contribution < -0.4 is 5.32 Å². The first-order valence-corrected chi connectivity index (χ1v) is 8.06. The van der Waals surface area contributed by atoms with Crippen molar-refractivity contribution in [1.29, 1.82) is 0 Å². The predicted molar refractivity (Wildman–Crippen MR) is 83.1 cm³/mol. The van der Waals surface area contributed by atoms with Crippen LogP contribution in [-0.4, -0.2) is 35.9 Å². The number of ether oxygens (including phenoxy) is 1. The summed E-state index contributed by atoms with van der Waals surface area (Å²) in [4.78, 5) is 11.3. The maximum Gasteiger partial charge on any atom is 0.323 e. The second kappa shape index (κ2) is 11.1. The van der Waals surface area contributed by atoms with Crippen LogP contribution >= 0.6 is 0 Å². The van der Waals surface area contributed by atoms with Crippen molar-refractivity contribution in [3.05, 3.63) is 0 Å². The van der Waals surface area contributed by atoms with Crippen LogP contribution in [0, 0.1) is 0 Å². The molecule has 0 aromatic heterocycles. The zero-order valence-electron chi connectivity index (χ0n) is 13.7. The molecule has 0 bridgehead atoms. The van der Waals surface area contributed by atoms with Crippen LogP contribution in [0.4, 0.5) is 0 Å². The van der Waals surface area contributed by atoms with Crippen molar-refractivity contribution in [2.45, 2.75) is 84.3 Å². The van der Waals surface area contributed by atoms with Crippen molar-refractivity contribution in [2.24, 2.45) is 0 Å². The molecule has 0 aliphatic heterocycles. The van der Waals surface area contributed by atoms with Gasteiger partial charge in [-0.1, -0.05) is 39.5 Å². The summed E-state index contributed by atoms with van der Waals surface area (Å²) < 4.78 is 5.74. The highest BCUT2D eigenvalue weighted by Gasteiger charge is 2.31. The molecule has 0 rings (SSSR count). The molecule has 0 spiro atoms. The molecule has 0 fully saturated rings. The lowest BCUT2D eigenvalue weighted by atomic mass is 9.98. The molecule has 0 radical (unpaired) electrons. The lowest BCUT2D eigenvalue weighted by Crippen LogP contribution is -2.50. The van der Waals surface area contributed by atoms with Gasteiger partial charge in [0.2, 0.25) is 0 Å². The van der Waals surface area contributed by atoms with Gasteiger partial charge in [0, 0.05) is 6.61 Å². The molecular formula is C16H33NO3. The highest BCUT2D eigenvalue weighted by Crippen LogP contribution is 2.13. The Bertz CT molecular complexity index is 258. The highest BCUT2D eigenvalue weighted by molar-refractivity contribution is 5.78. The molecule has 0 saturated heterocycles. The summed E-state index contributed by atoms with van der Waals surface area (Å²) in [5.41, 5.74) is -0.877. The fraction of sp³-hybridized carbons (Fsp3) is 0.938. The molecule has 0 aromatic carbocycles. The lowest BCUT2D eigenvalue weighted by Gasteiger charge is -2.26. The molecule has 4 heteroatoms. The van der Waals surface area contributed by atoms with Gasteiger partial charge in [0.25, 0.3) is 0 Å². The first kappa shape index (κ1) is 19.4. The Balaban J connectivity index is 3.90. The number of unbranched alkanes of at least 4 members (excludes halogenated alkanes) is 3. The van der Waals surface area contributed by atoms with E-state index >= 15 is 0 Å². The zero-order chi connectivity index (χ0) is 15.4. The van der Waals surface area contributed by atoms with Crippen molar-refractivity contribution in [3.8, 4) is 0 Å². The minimum Gasteiger partial charge on any atom is -0.480 e. The number of carboxylic acid groups (broad SMARTS) is 1. The molecule has 2 atom stereocenters. The third kappa shape index (κ3) is 8.54. The summed E-state index contributed by atoms with van der Waals surface area (Å²) in [7, 11) is 0. The van der Waals surface area contributed by atoms with E-state index in [4.69, 9.17) is 4.74 Å². The van der Waals surface area contributed by atoms with Crippen LogP contribution in [0.5, 0.6) is 0 Å². The van der Waals surface area contributed by atoms with Gasteiger partial charge < -0.3 is 15.2 Å². The summed E-state index contributed by atoms with van der Waals surface area (Å²) in [6, 6.07) is 0. The number of rotatable bonds is 13. The Labute approximate surface area is 124 Å². The minimum absolute atomic E-state index is 0.219. The van der Waals surface area contributed by atoms with E-state index in [1.165, 1.54) is 25.7 Å². The molecule has 0 aliphatic carbocycles. The number of nitrogens with one attached hydrogen (secondary N) is 1. The zero-order valence-corrected chi connectivity index (χ0v) is 13.7. The third-order valence-electron chi connectivity index (χ3n) is 3.71. The topological polar surface area (TPSA) is 58.6 Å². The Kier molecular flexibility index (Phi) is 10.8. The summed E-state index contributed by atoms with van der Waals surface area (Å²) >= 11 is 0. The Morgan fingerprint density at radius 1 is 1.25 bits per heavy atom. The first-order chi connectivity index (χ1) is 9.46. The van der Waals surface area contributed by atoms with E-state index in [9.17, 15) is 9.90 Å². The van der Waals surface area contributed by atoms with Crippen molar-refractivity contribution < 1.29 is 14.6 Å². The van der Waals surface area contributed by atoms with Crippen LogP contribution in [0.2, 0.25) is 0 Å². The van der Waals surface area contributed by atoms with Crippen LogP contribution in [0.1, 0.15) is 72.6 Å². The van der Waals surface area contributed by atoms with Gasteiger partial charge in [0.15, 0.2) is 0 Å². The fourth-order valence-electron chi connectivity index (χ4n) is 2.08. The van der Waals surface area contributed by atoms with Gasteiger partial charge in [0.05, 0.1) is 6.10 Å². The van der Waals surface area contributed by atoms with Crippen LogP contribution in [-0.2, 0) is 9.53 Å². The van der Waals surface area contributed by atoms with E-state index in [0.717, 1.165) is 19.4 Å². The number of carbonyl (C=O) groups is 1. The second-order valence-electron chi connectivity index (χ2n) is 5.84. The summed E-state index contributed by atoms with van der Waals surface area (Å²) in [6.07, 6.45) is 7.69. The molecule has 0 aliphatic rings. The van der Waals surface area contributed by atoms with Crippen molar-refractivity contribution >= 4 is 5.97 Å². The van der Waals surface area contributed by atoms with Crippen molar-refractivity contribution in [1.82, 2.24) is 5.32 Å². The third-order valence-corrected chi connectivity index (χ3v) is 3.71. The molecule has 2 unspecified atom stereocenters. The van der Waals surface area contributed by atoms with Gasteiger partial charge in [-0.2, -0.15) is 0 Å². The Morgan fingerprint density at radius 3 is 2.50 bits per heavy atom. The van der Waals surface area contributed by atoms with Gasteiger partial charge >= 0.3 is 5.97 Å². The number of hydrogen-bond acceptors (Lipinski definition) is 3. The van der Waals surface area contributed by atoms with Crippen LogP contribution in [0.25, 0.3) is 0 Å². The molecular weight excluding hydrogens is 254 g/mol. The maximum atomic E-state index is 11.3. The van der Waals surface area contributed by atoms with E-state index in [-0.39, 0.29) is 6.10 Å². The lowest BCUT2D eigenvalue weighted by molar-refractivity contribution is -0.145. The van der Waals surface area contributed by atoms with Gasteiger partial charge in [-0.15, -0.1) is 0 Å². The van der Waals surface area contributed by atoms with E-state index in [0.29, 0.717) is 13.0 Å².